The largest absolute Gasteiger partial charge is 0.339 e. The van der Waals surface area contributed by atoms with Gasteiger partial charge in [-0.1, -0.05) is 11.6 Å². The van der Waals surface area contributed by atoms with Gasteiger partial charge in [-0.3, -0.25) is 9.59 Å². The van der Waals surface area contributed by atoms with E-state index in [4.69, 9.17) is 11.6 Å². The van der Waals surface area contributed by atoms with E-state index in [2.05, 4.69) is 10.3 Å². The Hall–Kier alpha value is -3.19. The number of imidazole rings is 1. The van der Waals surface area contributed by atoms with E-state index < -0.39 is 0 Å². The Kier molecular flexibility index (Phi) is 5.81. The molecule has 4 rings (SSSR count). The van der Waals surface area contributed by atoms with E-state index >= 15 is 0 Å². The molecule has 8 heteroatoms. The highest BCUT2D eigenvalue weighted by Crippen LogP contribution is 2.26. The van der Waals surface area contributed by atoms with Crippen molar-refractivity contribution in [3.8, 4) is 5.69 Å². The SMILES string of the molecule is O=C(Nc1ccc(-n2ccnc2)c(Cl)c1)C1CCN(C(=O)c2ccc(F)cc2)CC1. The third kappa shape index (κ3) is 4.36. The lowest BCUT2D eigenvalue weighted by Crippen LogP contribution is -2.41. The molecule has 3 aromatic rings. The van der Waals surface area contributed by atoms with Crippen LogP contribution in [0.25, 0.3) is 5.69 Å². The van der Waals surface area contributed by atoms with Gasteiger partial charge in [0, 0.05) is 42.7 Å². The second-order valence-electron chi connectivity index (χ2n) is 7.20. The molecule has 0 saturated carbocycles. The van der Waals surface area contributed by atoms with Gasteiger partial charge in [0.25, 0.3) is 5.91 Å². The molecular formula is C22H20ClFN4O2. The number of nitrogens with one attached hydrogen (secondary N) is 1. The fourth-order valence-electron chi connectivity index (χ4n) is 3.56. The molecule has 0 unspecified atom stereocenters. The van der Waals surface area contributed by atoms with Crippen molar-refractivity contribution in [1.29, 1.82) is 0 Å². The maximum Gasteiger partial charge on any atom is 0.253 e. The van der Waals surface area contributed by atoms with Gasteiger partial charge in [-0.15, -0.1) is 0 Å². The second kappa shape index (κ2) is 8.67. The number of aromatic nitrogens is 2. The number of piperidine rings is 1. The van der Waals surface area contributed by atoms with Crippen LogP contribution in [0, 0.1) is 11.7 Å². The van der Waals surface area contributed by atoms with Crippen molar-refractivity contribution in [2.75, 3.05) is 18.4 Å². The van der Waals surface area contributed by atoms with E-state index in [9.17, 15) is 14.0 Å². The number of halogens is 2. The molecule has 0 bridgehead atoms. The van der Waals surface area contributed by atoms with E-state index in [1.54, 1.807) is 40.3 Å². The molecule has 2 heterocycles. The van der Waals surface area contributed by atoms with Crippen LogP contribution in [0.1, 0.15) is 23.2 Å². The lowest BCUT2D eigenvalue weighted by Gasteiger charge is -2.31. The summed E-state index contributed by atoms with van der Waals surface area (Å²) in [5, 5.41) is 3.42. The van der Waals surface area contributed by atoms with Crippen molar-refractivity contribution >= 4 is 29.1 Å². The lowest BCUT2D eigenvalue weighted by molar-refractivity contribution is -0.121. The Morgan fingerprint density at radius 1 is 1.10 bits per heavy atom. The summed E-state index contributed by atoms with van der Waals surface area (Å²) in [5.41, 5.74) is 1.85. The van der Waals surface area contributed by atoms with Gasteiger partial charge in [-0.2, -0.15) is 0 Å². The molecule has 2 amide bonds. The van der Waals surface area contributed by atoms with Crippen LogP contribution in [0.4, 0.5) is 10.1 Å². The number of hydrogen-bond acceptors (Lipinski definition) is 3. The van der Waals surface area contributed by atoms with Crippen LogP contribution < -0.4 is 5.32 Å². The Balaban J connectivity index is 1.34. The number of carbonyl (C=O) groups is 2. The molecule has 1 aliphatic heterocycles. The Morgan fingerprint density at radius 3 is 2.47 bits per heavy atom. The maximum absolute atomic E-state index is 13.0. The smallest absolute Gasteiger partial charge is 0.253 e. The predicted molar refractivity (Wildman–Crippen MR) is 112 cm³/mol. The summed E-state index contributed by atoms with van der Waals surface area (Å²) >= 11 is 6.34. The van der Waals surface area contributed by atoms with Gasteiger partial charge in [0.05, 0.1) is 17.0 Å². The zero-order valence-corrected chi connectivity index (χ0v) is 16.8. The van der Waals surface area contributed by atoms with Crippen LogP contribution in [-0.4, -0.2) is 39.4 Å². The molecule has 1 saturated heterocycles. The minimum atomic E-state index is -0.375. The highest BCUT2D eigenvalue weighted by Gasteiger charge is 2.28. The van der Waals surface area contributed by atoms with Crippen molar-refractivity contribution in [2.45, 2.75) is 12.8 Å². The first-order valence-electron chi connectivity index (χ1n) is 9.65. The van der Waals surface area contributed by atoms with E-state index in [1.165, 1.54) is 24.3 Å². The normalized spacial score (nSPS) is 14.5. The van der Waals surface area contributed by atoms with E-state index in [0.717, 1.165) is 5.69 Å². The molecule has 6 nitrogen and oxygen atoms in total. The molecule has 1 aliphatic rings. The van der Waals surface area contributed by atoms with Gasteiger partial charge >= 0.3 is 0 Å². The van der Waals surface area contributed by atoms with Gasteiger partial charge in [0.2, 0.25) is 5.91 Å². The molecule has 1 fully saturated rings. The number of anilines is 1. The van der Waals surface area contributed by atoms with Crippen molar-refractivity contribution in [3.63, 3.8) is 0 Å². The fraction of sp³-hybridized carbons (Fsp3) is 0.227. The van der Waals surface area contributed by atoms with Gasteiger partial charge in [0.15, 0.2) is 0 Å². The average Bonchev–Trinajstić information content (AvgIpc) is 3.28. The topological polar surface area (TPSA) is 67.2 Å². The summed E-state index contributed by atoms with van der Waals surface area (Å²) in [6.45, 7) is 0.962. The number of carbonyl (C=O) groups excluding carboxylic acids is 2. The van der Waals surface area contributed by atoms with Gasteiger partial charge in [-0.25, -0.2) is 9.37 Å². The molecule has 2 aromatic carbocycles. The number of amides is 2. The standard InChI is InChI=1S/C22H20ClFN4O2/c23-19-13-18(5-6-20(19)28-12-9-25-14-28)26-21(29)15-7-10-27(11-8-15)22(30)16-1-3-17(24)4-2-16/h1-6,9,12-15H,7-8,10-11H2,(H,26,29). The summed E-state index contributed by atoms with van der Waals surface area (Å²) in [6, 6.07) is 10.8. The Morgan fingerprint density at radius 2 is 1.83 bits per heavy atom. The predicted octanol–water partition coefficient (Wildman–Crippen LogP) is 4.16. The average molecular weight is 427 g/mol. The van der Waals surface area contributed by atoms with Crippen molar-refractivity contribution in [2.24, 2.45) is 5.92 Å². The monoisotopic (exact) mass is 426 g/mol. The number of nitrogens with zero attached hydrogens (tertiary/aromatic N) is 3. The molecule has 1 N–H and O–H groups in total. The van der Waals surface area contributed by atoms with E-state index in [-0.39, 0.29) is 23.5 Å². The first kappa shape index (κ1) is 20.1. The fourth-order valence-corrected chi connectivity index (χ4v) is 3.84. The first-order chi connectivity index (χ1) is 14.5. The van der Waals surface area contributed by atoms with Crippen LogP contribution >= 0.6 is 11.6 Å². The Labute approximate surface area is 178 Å². The zero-order valence-electron chi connectivity index (χ0n) is 16.1. The maximum atomic E-state index is 13.0. The first-order valence-corrected chi connectivity index (χ1v) is 10.0. The summed E-state index contributed by atoms with van der Waals surface area (Å²) in [5.74, 6) is -0.791. The van der Waals surface area contributed by atoms with Crippen LogP contribution in [0.2, 0.25) is 5.02 Å². The minimum Gasteiger partial charge on any atom is -0.339 e. The summed E-state index contributed by atoms with van der Waals surface area (Å²) in [7, 11) is 0. The third-order valence-corrected chi connectivity index (χ3v) is 5.54. The van der Waals surface area contributed by atoms with Gasteiger partial charge in [-0.05, 0) is 55.3 Å². The van der Waals surface area contributed by atoms with Crippen LogP contribution in [-0.2, 0) is 4.79 Å². The number of benzene rings is 2. The highest BCUT2D eigenvalue weighted by molar-refractivity contribution is 6.32. The van der Waals surface area contributed by atoms with Crippen LogP contribution in [0.15, 0.2) is 61.2 Å². The molecule has 0 atom stereocenters. The molecule has 30 heavy (non-hydrogen) atoms. The lowest BCUT2D eigenvalue weighted by atomic mass is 9.95. The molecule has 0 aliphatic carbocycles. The van der Waals surface area contributed by atoms with Crippen molar-refractivity contribution in [1.82, 2.24) is 14.5 Å². The molecular weight excluding hydrogens is 407 g/mol. The summed E-state index contributed by atoms with van der Waals surface area (Å²) in [4.78, 5) is 30.9. The Bertz CT molecular complexity index is 1050. The van der Waals surface area contributed by atoms with E-state index in [0.29, 0.717) is 42.2 Å². The van der Waals surface area contributed by atoms with Crippen LogP contribution in [0.5, 0.6) is 0 Å². The molecule has 154 valence electrons. The molecule has 1 aromatic heterocycles. The third-order valence-electron chi connectivity index (χ3n) is 5.24. The van der Waals surface area contributed by atoms with Gasteiger partial charge in [0.1, 0.15) is 5.82 Å². The van der Waals surface area contributed by atoms with Crippen LogP contribution in [0.3, 0.4) is 0 Å². The van der Waals surface area contributed by atoms with E-state index in [1.807, 2.05) is 6.07 Å². The molecule has 0 radical (unpaired) electrons. The number of hydrogen-bond donors (Lipinski definition) is 1. The quantitative estimate of drug-likeness (QED) is 0.681. The number of likely N-dealkylation sites (tertiary alicyclic amines) is 1. The second-order valence-corrected chi connectivity index (χ2v) is 7.61. The zero-order chi connectivity index (χ0) is 21.1. The van der Waals surface area contributed by atoms with Crippen molar-refractivity contribution in [3.05, 3.63) is 77.6 Å². The number of rotatable bonds is 4. The highest BCUT2D eigenvalue weighted by atomic mass is 35.5. The minimum absolute atomic E-state index is 0.0877. The molecule has 0 spiro atoms. The van der Waals surface area contributed by atoms with Gasteiger partial charge < -0.3 is 14.8 Å². The summed E-state index contributed by atoms with van der Waals surface area (Å²) < 4.78 is 14.8. The van der Waals surface area contributed by atoms with Crippen molar-refractivity contribution < 1.29 is 14.0 Å². The summed E-state index contributed by atoms with van der Waals surface area (Å²) in [6.07, 6.45) is 6.25.